The van der Waals surface area contributed by atoms with Gasteiger partial charge in [-0.1, -0.05) is 0 Å². The molecule has 2 heterocycles. The molecule has 98 valence electrons. The van der Waals surface area contributed by atoms with Crippen LogP contribution in [0.4, 0.5) is 0 Å². The summed E-state index contributed by atoms with van der Waals surface area (Å²) < 4.78 is 5.36. The minimum absolute atomic E-state index is 0. The van der Waals surface area contributed by atoms with E-state index in [4.69, 9.17) is 4.74 Å². The highest BCUT2D eigenvalue weighted by Gasteiger charge is 2.21. The number of rotatable bonds is 2. The summed E-state index contributed by atoms with van der Waals surface area (Å²) in [5, 5.41) is 3.77. The maximum absolute atomic E-state index is 5.36. The van der Waals surface area contributed by atoms with Gasteiger partial charge in [0, 0.05) is 25.3 Å². The molecule has 0 amide bonds. The molecule has 2 aliphatic rings. The van der Waals surface area contributed by atoms with Gasteiger partial charge in [0.25, 0.3) is 0 Å². The van der Waals surface area contributed by atoms with E-state index in [0.29, 0.717) is 0 Å². The number of hydrogen-bond donors (Lipinski definition) is 1. The van der Waals surface area contributed by atoms with E-state index in [1.807, 2.05) is 0 Å². The van der Waals surface area contributed by atoms with Gasteiger partial charge in [-0.05, 0) is 45.8 Å². The van der Waals surface area contributed by atoms with Gasteiger partial charge in [0.05, 0.1) is 0 Å². The Kier molecular flexibility index (Phi) is 8.78. The van der Waals surface area contributed by atoms with Gasteiger partial charge in [-0.25, -0.2) is 0 Å². The van der Waals surface area contributed by atoms with Crippen LogP contribution in [0.25, 0.3) is 0 Å². The third-order valence-corrected chi connectivity index (χ3v) is 3.41. The molecule has 2 aliphatic heterocycles. The Morgan fingerprint density at radius 3 is 2.00 bits per heavy atom. The van der Waals surface area contributed by atoms with Crippen LogP contribution in [-0.2, 0) is 4.74 Å². The predicted octanol–water partition coefficient (Wildman–Crippen LogP) is 1.69. The van der Waals surface area contributed by atoms with Gasteiger partial charge in [-0.3, -0.25) is 0 Å². The van der Waals surface area contributed by atoms with Crippen LogP contribution in [0.3, 0.4) is 0 Å². The van der Waals surface area contributed by atoms with Crippen molar-refractivity contribution in [2.75, 3.05) is 33.4 Å². The summed E-state index contributed by atoms with van der Waals surface area (Å²) in [5.41, 5.74) is 0. The Bertz CT molecular complexity index is 169. The van der Waals surface area contributed by atoms with Crippen molar-refractivity contribution in [3.63, 3.8) is 0 Å². The molecule has 0 aromatic carbocycles. The maximum Gasteiger partial charge on any atom is 0.0480 e. The lowest BCUT2D eigenvalue weighted by Gasteiger charge is -2.33. The average Bonchev–Trinajstić information content (AvgIpc) is 2.23. The van der Waals surface area contributed by atoms with Crippen molar-refractivity contribution >= 4 is 24.8 Å². The minimum Gasteiger partial charge on any atom is -0.381 e. The van der Waals surface area contributed by atoms with Crippen LogP contribution in [0.5, 0.6) is 0 Å². The van der Waals surface area contributed by atoms with E-state index >= 15 is 0 Å². The molecule has 0 unspecified atom stereocenters. The van der Waals surface area contributed by atoms with Crippen LogP contribution >= 0.6 is 24.8 Å². The Morgan fingerprint density at radius 2 is 1.44 bits per heavy atom. The molecular formula is C11H24Cl2N2O. The molecule has 0 radical (unpaired) electrons. The molecule has 0 spiro atoms. The molecule has 1 N–H and O–H groups in total. The molecule has 0 atom stereocenters. The molecule has 3 nitrogen and oxygen atoms in total. The Morgan fingerprint density at radius 1 is 0.938 bits per heavy atom. The van der Waals surface area contributed by atoms with Gasteiger partial charge in [0.15, 0.2) is 0 Å². The fourth-order valence-electron chi connectivity index (χ4n) is 2.37. The third-order valence-electron chi connectivity index (χ3n) is 3.41. The van der Waals surface area contributed by atoms with Crippen LogP contribution in [0.2, 0.25) is 0 Å². The SMILES string of the molecule is CN1CCC(NC2CCOCC2)CC1.Cl.Cl. The first-order valence-corrected chi connectivity index (χ1v) is 5.87. The second-order valence-electron chi connectivity index (χ2n) is 4.63. The minimum atomic E-state index is 0. The molecule has 0 aromatic heterocycles. The highest BCUT2D eigenvalue weighted by Crippen LogP contribution is 2.13. The van der Waals surface area contributed by atoms with Crippen LogP contribution < -0.4 is 5.32 Å². The van der Waals surface area contributed by atoms with E-state index < -0.39 is 0 Å². The van der Waals surface area contributed by atoms with Crippen molar-refractivity contribution < 1.29 is 4.74 Å². The van der Waals surface area contributed by atoms with Gasteiger partial charge < -0.3 is 15.0 Å². The van der Waals surface area contributed by atoms with E-state index in [2.05, 4.69) is 17.3 Å². The van der Waals surface area contributed by atoms with E-state index in [1.165, 1.54) is 38.8 Å². The van der Waals surface area contributed by atoms with Crippen molar-refractivity contribution in [1.82, 2.24) is 10.2 Å². The first-order valence-electron chi connectivity index (χ1n) is 5.87. The van der Waals surface area contributed by atoms with Crippen molar-refractivity contribution in [2.45, 2.75) is 37.8 Å². The number of likely N-dealkylation sites (tertiary alicyclic amines) is 1. The average molecular weight is 271 g/mol. The highest BCUT2D eigenvalue weighted by molar-refractivity contribution is 5.85. The normalized spacial score (nSPS) is 24.6. The predicted molar refractivity (Wildman–Crippen MR) is 72.0 cm³/mol. The summed E-state index contributed by atoms with van der Waals surface area (Å²) in [6.45, 7) is 4.40. The Hall–Kier alpha value is 0.460. The maximum atomic E-state index is 5.36. The lowest BCUT2D eigenvalue weighted by Crippen LogP contribution is -2.46. The Labute approximate surface area is 111 Å². The lowest BCUT2D eigenvalue weighted by molar-refractivity contribution is 0.0715. The van der Waals surface area contributed by atoms with E-state index in [-0.39, 0.29) is 24.8 Å². The summed E-state index contributed by atoms with van der Waals surface area (Å²) in [4.78, 5) is 2.42. The zero-order chi connectivity index (χ0) is 9.80. The van der Waals surface area contributed by atoms with Gasteiger partial charge in [-0.2, -0.15) is 0 Å². The van der Waals surface area contributed by atoms with Crippen molar-refractivity contribution in [3.8, 4) is 0 Å². The smallest absolute Gasteiger partial charge is 0.0480 e. The summed E-state index contributed by atoms with van der Waals surface area (Å²) in [5.74, 6) is 0. The van der Waals surface area contributed by atoms with E-state index in [1.54, 1.807) is 0 Å². The van der Waals surface area contributed by atoms with Crippen molar-refractivity contribution in [1.29, 1.82) is 0 Å². The van der Waals surface area contributed by atoms with Crippen LogP contribution in [-0.4, -0.2) is 50.3 Å². The molecule has 0 saturated carbocycles. The molecular weight excluding hydrogens is 247 g/mol. The fraction of sp³-hybridized carbons (Fsp3) is 1.00. The van der Waals surface area contributed by atoms with Gasteiger partial charge in [0.1, 0.15) is 0 Å². The highest BCUT2D eigenvalue weighted by atomic mass is 35.5. The van der Waals surface area contributed by atoms with E-state index in [0.717, 1.165) is 25.3 Å². The Balaban J connectivity index is 0.00000112. The van der Waals surface area contributed by atoms with Crippen LogP contribution in [0.15, 0.2) is 0 Å². The molecule has 0 bridgehead atoms. The number of nitrogens with zero attached hydrogens (tertiary/aromatic N) is 1. The second kappa shape index (κ2) is 8.54. The molecule has 16 heavy (non-hydrogen) atoms. The van der Waals surface area contributed by atoms with Crippen molar-refractivity contribution in [2.24, 2.45) is 0 Å². The van der Waals surface area contributed by atoms with E-state index in [9.17, 15) is 0 Å². The van der Waals surface area contributed by atoms with Crippen LogP contribution in [0, 0.1) is 0 Å². The topological polar surface area (TPSA) is 24.5 Å². The number of ether oxygens (including phenoxy) is 1. The monoisotopic (exact) mass is 270 g/mol. The molecule has 2 fully saturated rings. The first kappa shape index (κ1) is 16.5. The number of nitrogens with one attached hydrogen (secondary N) is 1. The lowest BCUT2D eigenvalue weighted by atomic mass is 10.0. The molecule has 2 saturated heterocycles. The van der Waals surface area contributed by atoms with Gasteiger partial charge in [-0.15, -0.1) is 24.8 Å². The third kappa shape index (κ3) is 5.19. The summed E-state index contributed by atoms with van der Waals surface area (Å²) >= 11 is 0. The second-order valence-corrected chi connectivity index (χ2v) is 4.63. The molecule has 2 rings (SSSR count). The zero-order valence-corrected chi connectivity index (χ0v) is 11.6. The number of hydrogen-bond acceptors (Lipinski definition) is 3. The largest absolute Gasteiger partial charge is 0.381 e. The quantitative estimate of drug-likeness (QED) is 0.827. The summed E-state index contributed by atoms with van der Waals surface area (Å²) in [6, 6.07) is 1.48. The molecule has 0 aliphatic carbocycles. The zero-order valence-electron chi connectivity index (χ0n) is 9.98. The first-order chi connectivity index (χ1) is 6.84. The molecule has 0 aromatic rings. The number of halogens is 2. The summed E-state index contributed by atoms with van der Waals surface area (Å²) in [6.07, 6.45) is 5.03. The van der Waals surface area contributed by atoms with Gasteiger partial charge >= 0.3 is 0 Å². The van der Waals surface area contributed by atoms with Gasteiger partial charge in [0.2, 0.25) is 0 Å². The summed E-state index contributed by atoms with van der Waals surface area (Å²) in [7, 11) is 2.21. The number of piperidine rings is 1. The van der Waals surface area contributed by atoms with Crippen LogP contribution in [0.1, 0.15) is 25.7 Å². The standard InChI is InChI=1S/C11H22N2O.2ClH/c1-13-6-2-10(3-7-13)12-11-4-8-14-9-5-11;;/h10-12H,2-9H2,1H3;2*1H. The molecule has 5 heteroatoms. The fourth-order valence-corrected chi connectivity index (χ4v) is 2.37. The van der Waals surface area contributed by atoms with Crippen molar-refractivity contribution in [3.05, 3.63) is 0 Å².